The molecule has 0 fully saturated rings. The average molecular weight is 396 g/mol. The maximum Gasteiger partial charge on any atom is 0.305 e. The fourth-order valence-corrected chi connectivity index (χ4v) is 2.84. The van der Waals surface area contributed by atoms with Crippen molar-refractivity contribution in [3.05, 3.63) is 65.2 Å². The van der Waals surface area contributed by atoms with Gasteiger partial charge < -0.3 is 15.4 Å². The van der Waals surface area contributed by atoms with E-state index in [0.717, 1.165) is 31.2 Å². The minimum Gasteiger partial charge on any atom is -0.469 e. The molecule has 0 aliphatic rings. The standard InChI is InChI=1S/C23H28N2O4/c1-17-13-14-19(16-20(17)25-23(28)18-10-6-5-7-11-18)22(27)24-15-9-4-3-8-12-21(26)29-2/h5-7,10-11,13-14,16H,3-4,8-9,12,15H2,1-2H3,(H,24,27)(H,25,28). The highest BCUT2D eigenvalue weighted by Crippen LogP contribution is 2.18. The maximum atomic E-state index is 12.4. The van der Waals surface area contributed by atoms with Crippen molar-refractivity contribution in [2.75, 3.05) is 19.0 Å². The number of nitrogens with one attached hydrogen (secondary N) is 2. The van der Waals surface area contributed by atoms with Crippen LogP contribution in [0.1, 0.15) is 58.4 Å². The SMILES string of the molecule is COC(=O)CCCCCCNC(=O)c1ccc(C)c(NC(=O)c2ccccc2)c1. The number of amides is 2. The van der Waals surface area contributed by atoms with Crippen LogP contribution in [-0.2, 0) is 9.53 Å². The molecule has 2 aromatic carbocycles. The Morgan fingerprint density at radius 1 is 0.862 bits per heavy atom. The van der Waals surface area contributed by atoms with E-state index in [1.807, 2.05) is 19.1 Å². The molecule has 2 aromatic rings. The van der Waals surface area contributed by atoms with E-state index < -0.39 is 0 Å². The van der Waals surface area contributed by atoms with Crippen LogP contribution in [-0.4, -0.2) is 31.4 Å². The molecule has 0 aromatic heterocycles. The van der Waals surface area contributed by atoms with E-state index in [2.05, 4.69) is 15.4 Å². The first-order chi connectivity index (χ1) is 14.0. The molecule has 0 radical (unpaired) electrons. The number of carbonyl (C=O) groups excluding carboxylic acids is 3. The molecule has 2 N–H and O–H groups in total. The molecule has 0 aliphatic carbocycles. The number of methoxy groups -OCH3 is 1. The summed E-state index contributed by atoms with van der Waals surface area (Å²) in [6.07, 6.45) is 3.93. The second-order valence-electron chi connectivity index (χ2n) is 6.85. The quantitative estimate of drug-likeness (QED) is 0.468. The number of aryl methyl sites for hydroxylation is 1. The van der Waals surface area contributed by atoms with Crippen molar-refractivity contribution in [3.8, 4) is 0 Å². The smallest absolute Gasteiger partial charge is 0.305 e. The Kier molecular flexibility index (Phi) is 8.89. The molecule has 0 saturated heterocycles. The Balaban J connectivity index is 1.81. The van der Waals surface area contributed by atoms with Crippen LogP contribution in [0.3, 0.4) is 0 Å². The second kappa shape index (κ2) is 11.6. The topological polar surface area (TPSA) is 84.5 Å². The van der Waals surface area contributed by atoms with Gasteiger partial charge in [-0.2, -0.15) is 0 Å². The lowest BCUT2D eigenvalue weighted by atomic mass is 10.1. The van der Waals surface area contributed by atoms with Gasteiger partial charge in [0.15, 0.2) is 0 Å². The molecule has 0 unspecified atom stereocenters. The summed E-state index contributed by atoms with van der Waals surface area (Å²) in [5, 5.41) is 5.77. The molecule has 6 nitrogen and oxygen atoms in total. The van der Waals surface area contributed by atoms with Gasteiger partial charge in [0.05, 0.1) is 7.11 Å². The Hall–Kier alpha value is -3.15. The van der Waals surface area contributed by atoms with E-state index in [9.17, 15) is 14.4 Å². The number of ether oxygens (including phenoxy) is 1. The Bertz CT molecular complexity index is 834. The van der Waals surface area contributed by atoms with Crippen molar-refractivity contribution >= 4 is 23.5 Å². The number of esters is 1. The molecule has 0 atom stereocenters. The van der Waals surface area contributed by atoms with E-state index in [4.69, 9.17) is 0 Å². The highest BCUT2D eigenvalue weighted by Gasteiger charge is 2.11. The van der Waals surface area contributed by atoms with E-state index in [-0.39, 0.29) is 17.8 Å². The van der Waals surface area contributed by atoms with Crippen LogP contribution >= 0.6 is 0 Å². The zero-order valence-corrected chi connectivity index (χ0v) is 17.0. The van der Waals surface area contributed by atoms with E-state index >= 15 is 0 Å². The zero-order valence-electron chi connectivity index (χ0n) is 17.0. The third-order valence-corrected chi connectivity index (χ3v) is 4.60. The molecule has 2 amide bonds. The van der Waals surface area contributed by atoms with Crippen LogP contribution in [0.2, 0.25) is 0 Å². The summed E-state index contributed by atoms with van der Waals surface area (Å²) < 4.78 is 4.60. The number of hydrogen-bond acceptors (Lipinski definition) is 4. The average Bonchev–Trinajstić information content (AvgIpc) is 2.74. The number of unbranched alkanes of at least 4 members (excludes halogenated alkanes) is 3. The molecule has 0 aliphatic heterocycles. The molecule has 0 bridgehead atoms. The van der Waals surface area contributed by atoms with Crippen LogP contribution in [0.5, 0.6) is 0 Å². The van der Waals surface area contributed by atoms with Crippen molar-refractivity contribution in [3.63, 3.8) is 0 Å². The number of anilines is 1. The highest BCUT2D eigenvalue weighted by molar-refractivity contribution is 6.05. The van der Waals surface area contributed by atoms with Crippen LogP contribution < -0.4 is 10.6 Å². The third-order valence-electron chi connectivity index (χ3n) is 4.60. The predicted molar refractivity (Wildman–Crippen MR) is 113 cm³/mol. The Labute approximate surface area is 171 Å². The Morgan fingerprint density at radius 2 is 1.59 bits per heavy atom. The van der Waals surface area contributed by atoms with E-state index in [0.29, 0.717) is 29.8 Å². The summed E-state index contributed by atoms with van der Waals surface area (Å²) in [6, 6.07) is 14.2. The molecule has 0 spiro atoms. The summed E-state index contributed by atoms with van der Waals surface area (Å²) in [5.41, 5.74) is 2.57. The zero-order chi connectivity index (χ0) is 21.1. The third kappa shape index (κ3) is 7.41. The van der Waals surface area contributed by atoms with Crippen LogP contribution in [0.4, 0.5) is 5.69 Å². The Morgan fingerprint density at radius 3 is 2.31 bits per heavy atom. The van der Waals surface area contributed by atoms with Gasteiger partial charge in [-0.15, -0.1) is 0 Å². The number of rotatable bonds is 10. The highest BCUT2D eigenvalue weighted by atomic mass is 16.5. The minimum absolute atomic E-state index is 0.172. The summed E-state index contributed by atoms with van der Waals surface area (Å²) in [5.74, 6) is -0.569. The fourth-order valence-electron chi connectivity index (χ4n) is 2.84. The molecule has 0 heterocycles. The lowest BCUT2D eigenvalue weighted by Gasteiger charge is -2.11. The maximum absolute atomic E-state index is 12.4. The summed E-state index contributed by atoms with van der Waals surface area (Å²) in [4.78, 5) is 35.8. The van der Waals surface area contributed by atoms with E-state index in [1.54, 1.807) is 36.4 Å². The van der Waals surface area contributed by atoms with Gasteiger partial charge in [-0.05, 0) is 49.6 Å². The van der Waals surface area contributed by atoms with Gasteiger partial charge in [0.25, 0.3) is 11.8 Å². The van der Waals surface area contributed by atoms with Crippen molar-refractivity contribution in [2.45, 2.75) is 39.0 Å². The lowest BCUT2D eigenvalue weighted by molar-refractivity contribution is -0.140. The monoisotopic (exact) mass is 396 g/mol. The number of hydrogen-bond donors (Lipinski definition) is 2. The van der Waals surface area contributed by atoms with Gasteiger partial charge in [-0.3, -0.25) is 14.4 Å². The van der Waals surface area contributed by atoms with Crippen molar-refractivity contribution in [1.29, 1.82) is 0 Å². The molecule has 6 heteroatoms. The summed E-state index contributed by atoms with van der Waals surface area (Å²) in [7, 11) is 1.39. The van der Waals surface area contributed by atoms with E-state index in [1.165, 1.54) is 7.11 Å². The van der Waals surface area contributed by atoms with Crippen molar-refractivity contribution in [2.24, 2.45) is 0 Å². The predicted octanol–water partition coefficient (Wildman–Crippen LogP) is 4.10. The van der Waals surface area contributed by atoms with Gasteiger partial charge in [0.1, 0.15) is 0 Å². The number of carbonyl (C=O) groups is 3. The summed E-state index contributed by atoms with van der Waals surface area (Å²) in [6.45, 7) is 2.45. The fraction of sp³-hybridized carbons (Fsp3) is 0.348. The minimum atomic E-state index is -0.210. The molecule has 0 saturated carbocycles. The van der Waals surface area contributed by atoms with Crippen LogP contribution in [0.15, 0.2) is 48.5 Å². The summed E-state index contributed by atoms with van der Waals surface area (Å²) >= 11 is 0. The van der Waals surface area contributed by atoms with Gasteiger partial charge in [0, 0.05) is 29.8 Å². The first-order valence-corrected chi connectivity index (χ1v) is 9.83. The van der Waals surface area contributed by atoms with Crippen LogP contribution in [0, 0.1) is 6.92 Å². The molecule has 154 valence electrons. The van der Waals surface area contributed by atoms with Gasteiger partial charge in [-0.1, -0.05) is 37.1 Å². The molecule has 29 heavy (non-hydrogen) atoms. The van der Waals surface area contributed by atoms with Crippen molar-refractivity contribution < 1.29 is 19.1 Å². The first-order valence-electron chi connectivity index (χ1n) is 9.83. The largest absolute Gasteiger partial charge is 0.469 e. The van der Waals surface area contributed by atoms with Crippen molar-refractivity contribution in [1.82, 2.24) is 5.32 Å². The second-order valence-corrected chi connectivity index (χ2v) is 6.85. The van der Waals surface area contributed by atoms with Gasteiger partial charge in [0.2, 0.25) is 0 Å². The molecular formula is C23H28N2O4. The normalized spacial score (nSPS) is 10.3. The van der Waals surface area contributed by atoms with Crippen LogP contribution in [0.25, 0.3) is 0 Å². The lowest BCUT2D eigenvalue weighted by Crippen LogP contribution is -2.24. The molecular weight excluding hydrogens is 368 g/mol. The molecule has 2 rings (SSSR count). The van der Waals surface area contributed by atoms with Gasteiger partial charge in [-0.25, -0.2) is 0 Å². The van der Waals surface area contributed by atoms with Gasteiger partial charge >= 0.3 is 5.97 Å². The first kappa shape index (κ1) is 22.1. The number of benzene rings is 2.